The summed E-state index contributed by atoms with van der Waals surface area (Å²) in [7, 11) is 1.52. The average Bonchev–Trinajstić information content (AvgIpc) is 3.36. The molecule has 4 N–H and O–H groups in total. The lowest BCUT2D eigenvalue weighted by Crippen LogP contribution is -2.41. The molecule has 5 amide bonds. The summed E-state index contributed by atoms with van der Waals surface area (Å²) < 4.78 is 11.9. The number of anilines is 1. The Morgan fingerprint density at radius 1 is 1.10 bits per heavy atom. The fraction of sp³-hybridized carbons (Fsp3) is 0.269. The van der Waals surface area contributed by atoms with Gasteiger partial charge in [-0.05, 0) is 48.9 Å². The lowest BCUT2D eigenvalue weighted by atomic mass is 9.83. The van der Waals surface area contributed by atoms with E-state index in [-0.39, 0.29) is 24.7 Å². The number of carbonyl (C=O) groups excluding carboxylic acids is 4. The molecule has 3 aromatic rings. The minimum atomic E-state index is -1.19. The summed E-state index contributed by atoms with van der Waals surface area (Å²) in [5.41, 5.74) is 6.34. The quantitative estimate of drug-likeness (QED) is 0.353. The van der Waals surface area contributed by atoms with Crippen molar-refractivity contribution in [1.82, 2.24) is 9.47 Å². The van der Waals surface area contributed by atoms with Gasteiger partial charge in [0, 0.05) is 16.5 Å². The molecule has 0 saturated carbocycles. The van der Waals surface area contributed by atoms with Gasteiger partial charge in [0.1, 0.15) is 17.5 Å². The highest BCUT2D eigenvalue weighted by molar-refractivity contribution is 8.00. The van der Waals surface area contributed by atoms with Crippen LogP contribution in [0.4, 0.5) is 10.5 Å². The molecule has 0 spiro atoms. The number of nitrogens with two attached hydrogens (primary N) is 1. The van der Waals surface area contributed by atoms with E-state index in [2.05, 4.69) is 5.32 Å². The summed E-state index contributed by atoms with van der Waals surface area (Å²) in [5.74, 6) is -3.29. The summed E-state index contributed by atoms with van der Waals surface area (Å²) in [6.07, 6.45) is 0. The van der Waals surface area contributed by atoms with E-state index in [1.54, 1.807) is 37.3 Å². The van der Waals surface area contributed by atoms with Gasteiger partial charge < -0.3 is 25.6 Å². The molecule has 0 radical (unpaired) electrons. The number of hydrogen-bond donors (Lipinski definition) is 3. The maximum Gasteiger partial charge on any atom is 0.328 e. The van der Waals surface area contributed by atoms with Crippen LogP contribution in [0, 0.1) is 5.92 Å². The molecule has 2 aliphatic rings. The second kappa shape index (κ2) is 10.7. The van der Waals surface area contributed by atoms with Crippen LogP contribution in [-0.2, 0) is 20.9 Å². The van der Waals surface area contributed by atoms with Gasteiger partial charge in [-0.2, -0.15) is 4.90 Å². The second-order valence-corrected chi connectivity index (χ2v) is 11.1. The van der Waals surface area contributed by atoms with Gasteiger partial charge in [-0.1, -0.05) is 29.2 Å². The average molecular weight is 585 g/mol. The number of thiazole rings is 1. The zero-order chi connectivity index (χ0) is 28.7. The van der Waals surface area contributed by atoms with Crippen LogP contribution in [0.2, 0.25) is 0 Å². The van der Waals surface area contributed by atoms with Crippen molar-refractivity contribution in [2.24, 2.45) is 11.7 Å². The zero-order valence-electron chi connectivity index (χ0n) is 21.3. The molecule has 0 bridgehead atoms. The maximum absolute atomic E-state index is 13.3. The number of hydrogen-bond acceptors (Lipinski definition) is 10. The first-order valence-corrected chi connectivity index (χ1v) is 13.8. The summed E-state index contributed by atoms with van der Waals surface area (Å²) in [5, 5.41) is 12.2. The SMILES string of the molecule is CCOc1cc([C@@H]2c3sc(=O)n(CC(=O)Nc4ccc(OC)cc4)c3SC3C(=O)N(C(N)=O)C(=O)C32)ccc1O. The summed E-state index contributed by atoms with van der Waals surface area (Å²) in [6.45, 7) is 1.65. The molecule has 5 rings (SSSR count). The molecular weight excluding hydrogens is 560 g/mol. The standard InChI is InChI=1S/C26H24N4O8S2/c1-3-38-16-10-12(4-9-15(16)31)18-19-20(23(34)30(22(19)33)25(27)35)39-24-21(18)40-26(36)29(24)11-17(32)28-13-5-7-14(37-2)8-6-13/h4-10,18-20,31H,3,11H2,1-2H3,(H2,27,35)(H,28,32)/t18-,19?,20?/m0/s1. The highest BCUT2D eigenvalue weighted by atomic mass is 32.2. The number of carbonyl (C=O) groups is 4. The summed E-state index contributed by atoms with van der Waals surface area (Å²) in [4.78, 5) is 65.1. The minimum Gasteiger partial charge on any atom is -0.504 e. The Morgan fingerprint density at radius 3 is 2.48 bits per heavy atom. The molecule has 2 unspecified atom stereocenters. The predicted octanol–water partition coefficient (Wildman–Crippen LogP) is 2.33. The Kier molecular flexibility index (Phi) is 7.29. The topological polar surface area (TPSA) is 170 Å². The number of benzene rings is 2. The molecule has 14 heteroatoms. The van der Waals surface area contributed by atoms with Crippen molar-refractivity contribution < 1.29 is 33.8 Å². The van der Waals surface area contributed by atoms with Crippen LogP contribution in [0.1, 0.15) is 23.3 Å². The Morgan fingerprint density at radius 2 is 1.82 bits per heavy atom. The number of amides is 5. The number of phenolic OH excluding ortho intramolecular Hbond substituents is 1. The fourth-order valence-corrected chi connectivity index (χ4v) is 7.62. The molecule has 2 aromatic carbocycles. The van der Waals surface area contributed by atoms with E-state index in [4.69, 9.17) is 15.2 Å². The van der Waals surface area contributed by atoms with Crippen LogP contribution in [-0.4, -0.2) is 57.3 Å². The number of urea groups is 1. The molecule has 1 fully saturated rings. The van der Waals surface area contributed by atoms with Crippen LogP contribution in [0.3, 0.4) is 0 Å². The number of fused-ring (bicyclic) bond motifs is 2. The number of phenols is 1. The number of likely N-dealkylation sites (tertiary alicyclic amines) is 1. The number of imide groups is 3. The lowest BCUT2D eigenvalue weighted by molar-refractivity contribution is -0.135. The minimum absolute atomic E-state index is 0.124. The van der Waals surface area contributed by atoms with Gasteiger partial charge in [0.25, 0.3) is 5.91 Å². The van der Waals surface area contributed by atoms with Crippen molar-refractivity contribution >= 4 is 52.5 Å². The Labute approximate surface area is 235 Å². The summed E-state index contributed by atoms with van der Waals surface area (Å²) in [6, 6.07) is 9.97. The Balaban J connectivity index is 1.56. The van der Waals surface area contributed by atoms with Crippen LogP contribution in [0.5, 0.6) is 17.2 Å². The van der Waals surface area contributed by atoms with Crippen molar-refractivity contribution in [2.75, 3.05) is 19.0 Å². The number of nitrogens with zero attached hydrogens (tertiary/aromatic N) is 2. The number of nitrogens with one attached hydrogen (secondary N) is 1. The largest absolute Gasteiger partial charge is 0.504 e. The number of aromatic hydroxyl groups is 1. The summed E-state index contributed by atoms with van der Waals surface area (Å²) >= 11 is 1.80. The number of thioether (sulfide) groups is 1. The fourth-order valence-electron chi connectivity index (χ4n) is 4.85. The van der Waals surface area contributed by atoms with Crippen LogP contribution in [0.25, 0.3) is 0 Å². The molecule has 3 heterocycles. The number of ether oxygens (including phenoxy) is 2. The van der Waals surface area contributed by atoms with E-state index < -0.39 is 45.7 Å². The lowest BCUT2D eigenvalue weighted by Gasteiger charge is -2.31. The number of rotatable bonds is 7. The van der Waals surface area contributed by atoms with E-state index in [9.17, 15) is 29.1 Å². The van der Waals surface area contributed by atoms with Gasteiger partial charge in [-0.15, -0.1) is 0 Å². The Hall–Kier alpha value is -4.30. The van der Waals surface area contributed by atoms with E-state index in [0.29, 0.717) is 31.8 Å². The van der Waals surface area contributed by atoms with Crippen molar-refractivity contribution in [3.63, 3.8) is 0 Å². The number of methoxy groups -OCH3 is 1. The number of primary amides is 1. The van der Waals surface area contributed by atoms with Crippen molar-refractivity contribution in [3.05, 3.63) is 62.6 Å². The monoisotopic (exact) mass is 584 g/mol. The molecule has 208 valence electrons. The first-order chi connectivity index (χ1) is 19.1. The number of aromatic nitrogens is 1. The highest BCUT2D eigenvalue weighted by Crippen LogP contribution is 2.53. The van der Waals surface area contributed by atoms with Crippen LogP contribution < -0.4 is 25.4 Å². The van der Waals surface area contributed by atoms with Gasteiger partial charge in [0.05, 0.1) is 24.7 Å². The van der Waals surface area contributed by atoms with E-state index in [1.807, 2.05) is 0 Å². The van der Waals surface area contributed by atoms with Crippen LogP contribution in [0.15, 0.2) is 52.3 Å². The molecular formula is C26H24N4O8S2. The van der Waals surface area contributed by atoms with Gasteiger partial charge in [-0.3, -0.25) is 23.7 Å². The predicted molar refractivity (Wildman–Crippen MR) is 146 cm³/mol. The van der Waals surface area contributed by atoms with Crippen molar-refractivity contribution in [3.8, 4) is 17.2 Å². The molecule has 0 aliphatic carbocycles. The van der Waals surface area contributed by atoms with E-state index in [0.717, 1.165) is 23.1 Å². The van der Waals surface area contributed by atoms with Gasteiger partial charge in [0.2, 0.25) is 11.8 Å². The normalized spacial score (nSPS) is 19.6. The van der Waals surface area contributed by atoms with Gasteiger partial charge in [0.15, 0.2) is 11.5 Å². The highest BCUT2D eigenvalue weighted by Gasteiger charge is 2.58. The smallest absolute Gasteiger partial charge is 0.328 e. The third kappa shape index (κ3) is 4.69. The van der Waals surface area contributed by atoms with Crippen molar-refractivity contribution in [2.45, 2.75) is 29.7 Å². The van der Waals surface area contributed by atoms with Crippen LogP contribution >= 0.6 is 23.1 Å². The first kappa shape index (κ1) is 27.3. The van der Waals surface area contributed by atoms with Gasteiger partial charge in [-0.25, -0.2) is 4.79 Å². The molecule has 3 atom stereocenters. The van der Waals surface area contributed by atoms with E-state index in [1.165, 1.54) is 23.8 Å². The Bertz CT molecular complexity index is 1580. The van der Waals surface area contributed by atoms with Gasteiger partial charge >= 0.3 is 10.9 Å². The first-order valence-electron chi connectivity index (χ1n) is 12.1. The molecule has 12 nitrogen and oxygen atoms in total. The third-order valence-corrected chi connectivity index (χ3v) is 9.19. The zero-order valence-corrected chi connectivity index (χ0v) is 22.9. The molecule has 40 heavy (non-hydrogen) atoms. The third-order valence-electron chi connectivity index (χ3n) is 6.59. The van der Waals surface area contributed by atoms with E-state index >= 15 is 0 Å². The maximum atomic E-state index is 13.3. The molecule has 1 saturated heterocycles. The molecule has 1 aromatic heterocycles. The van der Waals surface area contributed by atoms with Crippen molar-refractivity contribution in [1.29, 1.82) is 0 Å². The molecule has 2 aliphatic heterocycles. The second-order valence-electron chi connectivity index (χ2n) is 8.95.